The van der Waals surface area contributed by atoms with Crippen LogP contribution < -0.4 is 4.89 Å². The number of allylic oxidation sites excluding steroid dienone is 4. The van der Waals surface area contributed by atoms with Crippen molar-refractivity contribution in [2.75, 3.05) is 47.5 Å². The summed E-state index contributed by atoms with van der Waals surface area (Å²) in [5, 5.41) is 0. The van der Waals surface area contributed by atoms with Crippen LogP contribution in [0, 0.1) is 0 Å². The Morgan fingerprint density at radius 3 is 1.56 bits per heavy atom. The maximum atomic E-state index is 12.6. The number of phosphoric ester groups is 1. The van der Waals surface area contributed by atoms with Gasteiger partial charge >= 0.3 is 11.9 Å². The predicted molar refractivity (Wildman–Crippen MR) is 213 cm³/mol. The van der Waals surface area contributed by atoms with Crippen LogP contribution in [0.4, 0.5) is 0 Å². The van der Waals surface area contributed by atoms with Gasteiger partial charge in [-0.15, -0.1) is 0 Å². The first kappa shape index (κ1) is 50.5. The topological polar surface area (TPSA) is 111 Å². The summed E-state index contributed by atoms with van der Waals surface area (Å²) >= 11 is 0. The molecule has 0 saturated carbocycles. The number of quaternary nitrogens is 1. The molecule has 0 N–H and O–H groups in total. The van der Waals surface area contributed by atoms with Crippen LogP contribution in [0.15, 0.2) is 24.3 Å². The Hall–Kier alpha value is -1.51. The van der Waals surface area contributed by atoms with Crippen LogP contribution in [0.5, 0.6) is 0 Å². The van der Waals surface area contributed by atoms with Gasteiger partial charge in [-0.25, -0.2) is 0 Å². The molecule has 0 fully saturated rings. The van der Waals surface area contributed by atoms with Crippen LogP contribution in [0.3, 0.4) is 0 Å². The third kappa shape index (κ3) is 38.2. The SMILES string of the molecule is CCCCC/C=C/C/C=C/CCCCCCCCCCCC(=O)O[C@H](COC(=O)CCCCCCCCCCC)COP(=O)([O-])OCC[N+](C)(C)C. The quantitative estimate of drug-likeness (QED) is 0.0201. The molecule has 0 heterocycles. The highest BCUT2D eigenvalue weighted by atomic mass is 31.2. The largest absolute Gasteiger partial charge is 0.756 e. The minimum Gasteiger partial charge on any atom is -0.756 e. The zero-order valence-electron chi connectivity index (χ0n) is 34.3. The van der Waals surface area contributed by atoms with Gasteiger partial charge in [0.25, 0.3) is 7.82 Å². The highest BCUT2D eigenvalue weighted by Gasteiger charge is 2.21. The first-order chi connectivity index (χ1) is 25.0. The molecule has 0 aliphatic carbocycles. The first-order valence-electron chi connectivity index (χ1n) is 21.0. The third-order valence-corrected chi connectivity index (χ3v) is 9.94. The molecule has 0 aliphatic rings. The van der Waals surface area contributed by atoms with Crippen molar-refractivity contribution in [3.05, 3.63) is 24.3 Å². The molecule has 0 aromatic heterocycles. The Bertz CT molecular complexity index is 949. The monoisotopic (exact) mass is 758 g/mol. The average molecular weight is 758 g/mol. The lowest BCUT2D eigenvalue weighted by molar-refractivity contribution is -0.870. The fraction of sp³-hybridized carbons (Fsp3) is 0.857. The summed E-state index contributed by atoms with van der Waals surface area (Å²) in [6, 6.07) is 0. The molecule has 0 spiro atoms. The smallest absolute Gasteiger partial charge is 0.306 e. The number of esters is 2. The van der Waals surface area contributed by atoms with E-state index in [1.807, 2.05) is 21.1 Å². The second-order valence-electron chi connectivity index (χ2n) is 15.4. The fourth-order valence-corrected chi connectivity index (χ4v) is 6.35. The Balaban J connectivity index is 4.31. The van der Waals surface area contributed by atoms with Crippen molar-refractivity contribution in [3.63, 3.8) is 0 Å². The number of unbranched alkanes of at least 4 members (excludes halogenated alkanes) is 20. The second-order valence-corrected chi connectivity index (χ2v) is 16.8. The minimum absolute atomic E-state index is 0.0301. The maximum Gasteiger partial charge on any atom is 0.306 e. The van der Waals surface area contributed by atoms with E-state index in [9.17, 15) is 19.0 Å². The molecule has 10 heteroatoms. The van der Waals surface area contributed by atoms with Gasteiger partial charge in [0.05, 0.1) is 27.7 Å². The number of rotatable bonds is 38. The standard InChI is InChI=1S/C42H80NO8P/c1-6-8-10-12-14-16-17-18-19-20-21-22-23-24-25-27-29-31-33-35-42(45)51-40(39-50-52(46,47)49-37-36-43(3,4)5)38-48-41(44)34-32-30-28-26-15-13-11-9-7-2/h14,16,18-19,40H,6-13,15,17,20-39H2,1-5H3/b16-14+,19-18+/t40-/m1/s1. The predicted octanol–water partition coefficient (Wildman–Crippen LogP) is 10.9. The number of hydrogen-bond donors (Lipinski definition) is 0. The van der Waals surface area contributed by atoms with E-state index in [4.69, 9.17) is 18.5 Å². The van der Waals surface area contributed by atoms with Gasteiger partial charge in [-0.1, -0.05) is 147 Å². The molecular weight excluding hydrogens is 677 g/mol. The van der Waals surface area contributed by atoms with E-state index in [0.717, 1.165) is 51.4 Å². The minimum atomic E-state index is -4.62. The molecule has 306 valence electrons. The Morgan fingerprint density at radius 1 is 0.596 bits per heavy atom. The van der Waals surface area contributed by atoms with Crippen molar-refractivity contribution in [2.45, 2.75) is 187 Å². The zero-order valence-corrected chi connectivity index (χ0v) is 35.2. The number of carbonyl (C=O) groups excluding carboxylic acids is 2. The van der Waals surface area contributed by atoms with Crippen molar-refractivity contribution < 1.29 is 42.1 Å². The van der Waals surface area contributed by atoms with Gasteiger partial charge in [-0.2, -0.15) is 0 Å². The van der Waals surface area contributed by atoms with Gasteiger partial charge in [0, 0.05) is 12.8 Å². The van der Waals surface area contributed by atoms with E-state index >= 15 is 0 Å². The van der Waals surface area contributed by atoms with Crippen molar-refractivity contribution in [2.24, 2.45) is 0 Å². The van der Waals surface area contributed by atoms with E-state index in [2.05, 4.69) is 38.2 Å². The molecule has 0 saturated heterocycles. The van der Waals surface area contributed by atoms with Crippen LogP contribution in [0.1, 0.15) is 181 Å². The zero-order chi connectivity index (χ0) is 38.6. The van der Waals surface area contributed by atoms with E-state index in [1.54, 1.807) is 0 Å². The summed E-state index contributed by atoms with van der Waals surface area (Å²) in [7, 11) is 1.16. The molecule has 0 aromatic carbocycles. The van der Waals surface area contributed by atoms with Crippen molar-refractivity contribution in [3.8, 4) is 0 Å². The van der Waals surface area contributed by atoms with Crippen molar-refractivity contribution in [1.82, 2.24) is 0 Å². The molecule has 0 aromatic rings. The first-order valence-corrected chi connectivity index (χ1v) is 22.5. The Morgan fingerprint density at radius 2 is 1.04 bits per heavy atom. The van der Waals surface area contributed by atoms with E-state index in [-0.39, 0.29) is 32.0 Å². The highest BCUT2D eigenvalue weighted by Crippen LogP contribution is 2.38. The van der Waals surface area contributed by atoms with Gasteiger partial charge < -0.3 is 27.9 Å². The molecule has 9 nitrogen and oxygen atoms in total. The van der Waals surface area contributed by atoms with Gasteiger partial charge in [0.15, 0.2) is 6.10 Å². The van der Waals surface area contributed by atoms with Crippen molar-refractivity contribution in [1.29, 1.82) is 0 Å². The number of carbonyl (C=O) groups is 2. The van der Waals surface area contributed by atoms with Crippen LogP contribution in [0.25, 0.3) is 0 Å². The molecular formula is C42H80NO8P. The van der Waals surface area contributed by atoms with Crippen LogP contribution in [-0.2, 0) is 32.7 Å². The van der Waals surface area contributed by atoms with Crippen molar-refractivity contribution >= 4 is 19.8 Å². The summed E-state index contributed by atoms with van der Waals surface area (Å²) in [5.74, 6) is -0.839. The summed E-state index contributed by atoms with van der Waals surface area (Å²) in [6.45, 7) is 4.17. The lowest BCUT2D eigenvalue weighted by Crippen LogP contribution is -2.37. The van der Waals surface area contributed by atoms with Gasteiger partial charge in [0.2, 0.25) is 0 Å². The van der Waals surface area contributed by atoms with E-state index < -0.39 is 26.5 Å². The lowest BCUT2D eigenvalue weighted by atomic mass is 10.1. The van der Waals surface area contributed by atoms with E-state index in [1.165, 1.54) is 96.3 Å². The normalized spacial score (nSPS) is 13.9. The molecule has 0 aliphatic heterocycles. The highest BCUT2D eigenvalue weighted by molar-refractivity contribution is 7.45. The number of ether oxygens (including phenoxy) is 2. The molecule has 0 radical (unpaired) electrons. The molecule has 0 amide bonds. The average Bonchev–Trinajstić information content (AvgIpc) is 3.09. The molecule has 1 unspecified atom stereocenters. The van der Waals surface area contributed by atoms with Gasteiger partial charge in [-0.3, -0.25) is 14.2 Å². The summed E-state index contributed by atoms with van der Waals surface area (Å²) < 4.78 is 33.8. The second kappa shape index (κ2) is 35.2. The number of hydrogen-bond acceptors (Lipinski definition) is 8. The summed E-state index contributed by atoms with van der Waals surface area (Å²) in [6.07, 6.45) is 36.3. The third-order valence-electron chi connectivity index (χ3n) is 8.97. The summed E-state index contributed by atoms with van der Waals surface area (Å²) in [4.78, 5) is 37.4. The molecule has 2 atom stereocenters. The Labute approximate surface area is 319 Å². The molecule has 0 rings (SSSR count). The maximum absolute atomic E-state index is 12.6. The van der Waals surface area contributed by atoms with Gasteiger partial charge in [-0.05, 0) is 44.9 Å². The number of phosphoric acid groups is 1. The lowest BCUT2D eigenvalue weighted by Gasteiger charge is -2.28. The van der Waals surface area contributed by atoms with Crippen LogP contribution >= 0.6 is 7.82 Å². The number of nitrogens with zero attached hydrogens (tertiary/aromatic N) is 1. The Kier molecular flexibility index (Phi) is 34.2. The number of likely N-dealkylation sites (N-methyl/N-ethyl adjacent to an activating group) is 1. The summed E-state index contributed by atoms with van der Waals surface area (Å²) in [5.41, 5.74) is 0. The van der Waals surface area contributed by atoms with Gasteiger partial charge in [0.1, 0.15) is 19.8 Å². The fourth-order valence-electron chi connectivity index (χ4n) is 5.63. The van der Waals surface area contributed by atoms with Crippen LogP contribution in [-0.4, -0.2) is 70.0 Å². The van der Waals surface area contributed by atoms with Crippen LogP contribution in [0.2, 0.25) is 0 Å². The van der Waals surface area contributed by atoms with E-state index in [0.29, 0.717) is 17.4 Å². The molecule has 52 heavy (non-hydrogen) atoms. The molecule has 0 bridgehead atoms.